The van der Waals surface area contributed by atoms with Gasteiger partial charge in [0.15, 0.2) is 5.78 Å². The second-order valence-electron chi connectivity index (χ2n) is 6.00. The van der Waals surface area contributed by atoms with Crippen molar-refractivity contribution >= 4 is 17.5 Å². The molecule has 2 atom stereocenters. The normalized spacial score (nSPS) is 24.0. The number of esters is 1. The molecule has 5 heteroatoms. The molecular weight excluding hydrogens is 280 g/mol. The lowest BCUT2D eigenvalue weighted by atomic mass is 9.84. The fraction of sp³-hybridized carbons (Fsp3) is 0.706. The fourth-order valence-corrected chi connectivity index (χ4v) is 2.43. The van der Waals surface area contributed by atoms with Crippen molar-refractivity contribution in [3.63, 3.8) is 0 Å². The summed E-state index contributed by atoms with van der Waals surface area (Å²) in [5.74, 6) is 0.101. The number of nitrogens with two attached hydrogens (primary N) is 1. The highest BCUT2D eigenvalue weighted by atomic mass is 16.5. The molecule has 0 radical (unpaired) electrons. The fourth-order valence-electron chi connectivity index (χ4n) is 2.43. The molecule has 2 unspecified atom stereocenters. The molecule has 2 N–H and O–H groups in total. The Labute approximate surface area is 133 Å². The second kappa shape index (κ2) is 8.71. The molecule has 0 amide bonds. The van der Waals surface area contributed by atoms with Crippen LogP contribution < -0.4 is 5.73 Å². The predicted octanol–water partition coefficient (Wildman–Crippen LogP) is 2.64. The third-order valence-electron chi connectivity index (χ3n) is 4.18. The summed E-state index contributed by atoms with van der Waals surface area (Å²) in [6, 6.07) is 0. The Hall–Kier alpha value is -1.65. The van der Waals surface area contributed by atoms with Crippen LogP contribution in [0.4, 0.5) is 0 Å². The zero-order chi connectivity index (χ0) is 16.7. The third-order valence-corrected chi connectivity index (χ3v) is 4.18. The van der Waals surface area contributed by atoms with Crippen LogP contribution in [0.15, 0.2) is 16.3 Å². The number of carbonyl (C=O) groups excluding carboxylic acids is 2. The molecule has 22 heavy (non-hydrogen) atoms. The molecule has 0 aromatic heterocycles. The van der Waals surface area contributed by atoms with E-state index in [0.717, 1.165) is 30.5 Å². The summed E-state index contributed by atoms with van der Waals surface area (Å²) in [4.78, 5) is 28.3. The summed E-state index contributed by atoms with van der Waals surface area (Å²) in [6.07, 6.45) is 3.27. The Kier molecular flexibility index (Phi) is 7.28. The Bertz CT molecular complexity index is 480. The Morgan fingerprint density at radius 1 is 1.41 bits per heavy atom. The SMILES string of the molecule is CCOC(=O)/C(N)=C1\CC(C)CCC1=NCC(=O)C(C)CC. The maximum absolute atomic E-state index is 11.9. The van der Waals surface area contributed by atoms with Crippen molar-refractivity contribution in [2.45, 2.75) is 53.4 Å². The number of carbonyl (C=O) groups is 2. The molecule has 1 fully saturated rings. The first kappa shape index (κ1) is 18.4. The molecule has 0 saturated heterocycles. The molecule has 0 bridgehead atoms. The minimum Gasteiger partial charge on any atom is -0.461 e. The van der Waals surface area contributed by atoms with Gasteiger partial charge in [-0.2, -0.15) is 0 Å². The zero-order valence-corrected chi connectivity index (χ0v) is 14.1. The van der Waals surface area contributed by atoms with Crippen molar-refractivity contribution in [2.75, 3.05) is 13.2 Å². The standard InChI is InChI=1S/C17H28N2O3/c1-5-12(4)15(20)10-19-14-8-7-11(3)9-13(14)16(18)17(21)22-6-2/h11-12H,5-10,18H2,1-4H3/b16-13-,19-14?. The molecule has 1 aliphatic carbocycles. The molecule has 124 valence electrons. The first-order chi connectivity index (χ1) is 10.4. The van der Waals surface area contributed by atoms with Crippen LogP contribution in [0.3, 0.4) is 0 Å². The average Bonchev–Trinajstić information content (AvgIpc) is 2.51. The number of aliphatic imine (C=N–C) groups is 1. The Balaban J connectivity index is 2.96. The van der Waals surface area contributed by atoms with E-state index in [1.807, 2.05) is 13.8 Å². The van der Waals surface area contributed by atoms with Gasteiger partial charge in [0.2, 0.25) is 0 Å². The number of rotatable bonds is 6. The lowest BCUT2D eigenvalue weighted by Crippen LogP contribution is -2.26. The lowest BCUT2D eigenvalue weighted by molar-refractivity contribution is -0.138. The van der Waals surface area contributed by atoms with Gasteiger partial charge in [-0.1, -0.05) is 20.8 Å². The molecule has 0 aromatic rings. The maximum Gasteiger partial charge on any atom is 0.354 e. The molecule has 5 nitrogen and oxygen atoms in total. The molecule has 0 aliphatic heterocycles. The van der Waals surface area contributed by atoms with Crippen molar-refractivity contribution in [3.8, 4) is 0 Å². The van der Waals surface area contributed by atoms with Gasteiger partial charge in [-0.3, -0.25) is 9.79 Å². The van der Waals surface area contributed by atoms with Crippen molar-refractivity contribution < 1.29 is 14.3 Å². The summed E-state index contributed by atoms with van der Waals surface area (Å²) in [6.45, 7) is 8.23. The number of hydrogen-bond donors (Lipinski definition) is 1. The van der Waals surface area contributed by atoms with Crippen molar-refractivity contribution in [1.29, 1.82) is 0 Å². The first-order valence-corrected chi connectivity index (χ1v) is 8.12. The molecule has 0 aromatic carbocycles. The van der Waals surface area contributed by atoms with E-state index < -0.39 is 5.97 Å². The van der Waals surface area contributed by atoms with E-state index in [2.05, 4.69) is 11.9 Å². The van der Waals surface area contributed by atoms with E-state index in [4.69, 9.17) is 10.5 Å². The van der Waals surface area contributed by atoms with E-state index in [1.165, 1.54) is 0 Å². The van der Waals surface area contributed by atoms with Gasteiger partial charge in [0.05, 0.1) is 13.2 Å². The third kappa shape index (κ3) is 4.97. The van der Waals surface area contributed by atoms with Crippen molar-refractivity contribution in [1.82, 2.24) is 0 Å². The van der Waals surface area contributed by atoms with Gasteiger partial charge in [0.1, 0.15) is 5.70 Å². The van der Waals surface area contributed by atoms with Crippen LogP contribution in [0.25, 0.3) is 0 Å². The van der Waals surface area contributed by atoms with Crippen LogP contribution >= 0.6 is 0 Å². The number of hydrogen-bond acceptors (Lipinski definition) is 5. The van der Waals surface area contributed by atoms with E-state index >= 15 is 0 Å². The highest BCUT2D eigenvalue weighted by molar-refractivity contribution is 6.07. The number of ketones is 1. The van der Waals surface area contributed by atoms with E-state index in [1.54, 1.807) is 6.92 Å². The van der Waals surface area contributed by atoms with Crippen molar-refractivity contribution in [3.05, 3.63) is 11.3 Å². The monoisotopic (exact) mass is 308 g/mol. The van der Waals surface area contributed by atoms with E-state index in [0.29, 0.717) is 18.9 Å². The van der Waals surface area contributed by atoms with Gasteiger partial charge < -0.3 is 10.5 Å². The molecule has 1 saturated carbocycles. The second-order valence-corrected chi connectivity index (χ2v) is 6.00. The minimum atomic E-state index is -0.493. The topological polar surface area (TPSA) is 81.8 Å². The van der Waals surface area contributed by atoms with Gasteiger partial charge >= 0.3 is 5.97 Å². The first-order valence-electron chi connectivity index (χ1n) is 8.12. The average molecular weight is 308 g/mol. The summed E-state index contributed by atoms with van der Waals surface area (Å²) in [7, 11) is 0. The van der Waals surface area contributed by atoms with Gasteiger partial charge in [-0.25, -0.2) is 4.79 Å². The maximum atomic E-state index is 11.9. The van der Waals surface area contributed by atoms with Crippen LogP contribution in [0.2, 0.25) is 0 Å². The van der Waals surface area contributed by atoms with Gasteiger partial charge in [0, 0.05) is 17.2 Å². The Morgan fingerprint density at radius 2 is 2.09 bits per heavy atom. The number of nitrogens with zero attached hydrogens (tertiary/aromatic N) is 1. The van der Waals surface area contributed by atoms with Crippen LogP contribution in [0.1, 0.15) is 53.4 Å². The smallest absolute Gasteiger partial charge is 0.354 e. The van der Waals surface area contributed by atoms with Crippen LogP contribution in [0.5, 0.6) is 0 Å². The Morgan fingerprint density at radius 3 is 2.68 bits per heavy atom. The van der Waals surface area contributed by atoms with Gasteiger partial charge in [-0.05, 0) is 38.5 Å². The predicted molar refractivity (Wildman–Crippen MR) is 87.6 cm³/mol. The van der Waals surface area contributed by atoms with Crippen molar-refractivity contribution in [2.24, 2.45) is 22.6 Å². The quantitative estimate of drug-likeness (QED) is 0.604. The molecule has 1 aliphatic rings. The van der Waals surface area contributed by atoms with Crippen LogP contribution in [-0.4, -0.2) is 30.6 Å². The number of ether oxygens (including phenoxy) is 1. The minimum absolute atomic E-state index is 0.0155. The van der Waals surface area contributed by atoms with E-state index in [-0.39, 0.29) is 23.9 Å². The molecule has 1 rings (SSSR count). The highest BCUT2D eigenvalue weighted by Gasteiger charge is 2.25. The van der Waals surface area contributed by atoms with Crippen LogP contribution in [-0.2, 0) is 14.3 Å². The molecule has 0 spiro atoms. The summed E-state index contributed by atoms with van der Waals surface area (Å²) >= 11 is 0. The summed E-state index contributed by atoms with van der Waals surface area (Å²) in [5, 5.41) is 0. The molecule has 0 heterocycles. The largest absolute Gasteiger partial charge is 0.461 e. The highest BCUT2D eigenvalue weighted by Crippen LogP contribution is 2.28. The van der Waals surface area contributed by atoms with E-state index in [9.17, 15) is 9.59 Å². The zero-order valence-electron chi connectivity index (χ0n) is 14.1. The van der Waals surface area contributed by atoms with Gasteiger partial charge in [-0.15, -0.1) is 0 Å². The number of allylic oxidation sites excluding steroid dienone is 1. The lowest BCUT2D eigenvalue weighted by Gasteiger charge is -2.24. The molecular formula is C17H28N2O3. The number of Topliss-reactive ketones (excluding diaryl/α,β-unsaturated/α-hetero) is 1. The summed E-state index contributed by atoms with van der Waals surface area (Å²) in [5.41, 5.74) is 7.65. The summed E-state index contributed by atoms with van der Waals surface area (Å²) < 4.78 is 4.98. The van der Waals surface area contributed by atoms with Gasteiger partial charge in [0.25, 0.3) is 0 Å². The van der Waals surface area contributed by atoms with Crippen LogP contribution in [0, 0.1) is 11.8 Å².